The predicted octanol–water partition coefficient (Wildman–Crippen LogP) is -0.0889. The summed E-state index contributed by atoms with van der Waals surface area (Å²) in [5.74, 6) is 0.538. The first kappa shape index (κ1) is 14.3. The molecule has 1 fully saturated rings. The third-order valence-electron chi connectivity index (χ3n) is 3.01. The summed E-state index contributed by atoms with van der Waals surface area (Å²) in [6.07, 6.45) is 1.72. The molecule has 0 aliphatic carbocycles. The predicted molar refractivity (Wildman–Crippen MR) is 74.5 cm³/mol. The second-order valence-corrected chi connectivity index (χ2v) is 4.72. The van der Waals surface area contributed by atoms with Gasteiger partial charge in [-0.3, -0.25) is 4.79 Å². The van der Waals surface area contributed by atoms with E-state index in [0.717, 1.165) is 19.4 Å². The van der Waals surface area contributed by atoms with E-state index < -0.39 is 0 Å². The fraction of sp³-hybridized carbons (Fsp3) is 0.667. The number of carbonyl (C=O) groups is 1. The lowest BCUT2D eigenvalue weighted by Gasteiger charge is -2.19. The van der Waals surface area contributed by atoms with Crippen molar-refractivity contribution in [2.75, 3.05) is 43.9 Å². The topological polar surface area (TPSA) is 97.5 Å². The van der Waals surface area contributed by atoms with Crippen molar-refractivity contribution in [1.82, 2.24) is 19.9 Å². The highest BCUT2D eigenvalue weighted by Crippen LogP contribution is 2.15. The van der Waals surface area contributed by atoms with Gasteiger partial charge in [0.2, 0.25) is 17.8 Å². The number of likely N-dealkylation sites (N-methyl/N-ethyl adjacent to an activating group) is 1. The summed E-state index contributed by atoms with van der Waals surface area (Å²) in [6, 6.07) is 0.208. The molecule has 1 aromatic rings. The quantitative estimate of drug-likeness (QED) is 0.823. The van der Waals surface area contributed by atoms with Gasteiger partial charge in [0.25, 0.3) is 0 Å². The van der Waals surface area contributed by atoms with E-state index >= 15 is 0 Å². The van der Waals surface area contributed by atoms with Gasteiger partial charge in [0.05, 0.1) is 13.2 Å². The Bertz CT molecular complexity index is 481. The van der Waals surface area contributed by atoms with E-state index in [1.807, 2.05) is 11.8 Å². The third-order valence-corrected chi connectivity index (χ3v) is 3.01. The number of anilines is 2. The molecule has 1 amide bonds. The van der Waals surface area contributed by atoms with Gasteiger partial charge < -0.3 is 20.3 Å². The van der Waals surface area contributed by atoms with Crippen LogP contribution in [0.15, 0.2) is 0 Å². The molecule has 0 radical (unpaired) electrons. The second-order valence-electron chi connectivity index (χ2n) is 4.72. The molecule has 2 N–H and O–H groups in total. The van der Waals surface area contributed by atoms with Crippen molar-refractivity contribution in [1.29, 1.82) is 0 Å². The molecule has 2 heterocycles. The number of aromatic nitrogens is 3. The maximum Gasteiger partial charge on any atom is 0.323 e. The number of nitrogens with two attached hydrogens (primary N) is 1. The highest BCUT2D eigenvalue weighted by atomic mass is 16.5. The van der Waals surface area contributed by atoms with Crippen LogP contribution in [0.3, 0.4) is 0 Å². The minimum Gasteiger partial charge on any atom is -0.463 e. The van der Waals surface area contributed by atoms with E-state index in [2.05, 4.69) is 15.0 Å². The van der Waals surface area contributed by atoms with Crippen LogP contribution in [0.1, 0.15) is 19.8 Å². The largest absolute Gasteiger partial charge is 0.463 e. The van der Waals surface area contributed by atoms with Gasteiger partial charge in [0.15, 0.2) is 0 Å². The fourth-order valence-corrected chi connectivity index (χ4v) is 1.92. The molecule has 8 nitrogen and oxygen atoms in total. The molecular formula is C12H20N6O2. The van der Waals surface area contributed by atoms with E-state index in [1.165, 1.54) is 0 Å². The first-order valence-electron chi connectivity index (χ1n) is 6.73. The zero-order valence-electron chi connectivity index (χ0n) is 11.9. The van der Waals surface area contributed by atoms with E-state index in [-0.39, 0.29) is 24.4 Å². The zero-order chi connectivity index (χ0) is 14.5. The second kappa shape index (κ2) is 6.36. The van der Waals surface area contributed by atoms with Crippen LogP contribution in [0.5, 0.6) is 6.01 Å². The highest BCUT2D eigenvalue weighted by molar-refractivity contribution is 5.81. The highest BCUT2D eigenvalue weighted by Gasteiger charge is 2.22. The first-order chi connectivity index (χ1) is 9.60. The van der Waals surface area contributed by atoms with Gasteiger partial charge in [-0.25, -0.2) is 0 Å². The summed E-state index contributed by atoms with van der Waals surface area (Å²) < 4.78 is 5.38. The maximum absolute atomic E-state index is 11.9. The van der Waals surface area contributed by atoms with E-state index in [9.17, 15) is 4.79 Å². The molecular weight excluding hydrogens is 260 g/mol. The average Bonchev–Trinajstić information content (AvgIpc) is 2.58. The van der Waals surface area contributed by atoms with E-state index in [0.29, 0.717) is 19.1 Å². The van der Waals surface area contributed by atoms with Gasteiger partial charge in [-0.15, -0.1) is 0 Å². The number of carbonyl (C=O) groups excluding carboxylic acids is 1. The number of nitrogens with zero attached hydrogens (tertiary/aromatic N) is 5. The van der Waals surface area contributed by atoms with Crippen LogP contribution in [-0.4, -0.2) is 59.0 Å². The molecule has 0 saturated carbocycles. The number of ether oxygens (including phenoxy) is 1. The Kier molecular flexibility index (Phi) is 4.54. The number of rotatable bonds is 4. The van der Waals surface area contributed by atoms with Gasteiger partial charge in [-0.2, -0.15) is 15.0 Å². The van der Waals surface area contributed by atoms with Crippen LogP contribution in [0.2, 0.25) is 0 Å². The van der Waals surface area contributed by atoms with Crippen LogP contribution >= 0.6 is 0 Å². The van der Waals surface area contributed by atoms with Crippen molar-refractivity contribution in [3.8, 4) is 6.01 Å². The summed E-state index contributed by atoms with van der Waals surface area (Å²) in [6.45, 7) is 4.19. The minimum absolute atomic E-state index is 0.0394. The summed E-state index contributed by atoms with van der Waals surface area (Å²) in [5, 5.41) is 0. The van der Waals surface area contributed by atoms with Crippen LogP contribution in [0, 0.1) is 0 Å². The zero-order valence-corrected chi connectivity index (χ0v) is 11.9. The third kappa shape index (κ3) is 3.46. The van der Waals surface area contributed by atoms with Crippen LogP contribution in [0.4, 0.5) is 11.9 Å². The lowest BCUT2D eigenvalue weighted by atomic mass is 10.4. The number of amides is 1. The lowest BCUT2D eigenvalue weighted by molar-refractivity contribution is -0.127. The van der Waals surface area contributed by atoms with E-state index in [4.69, 9.17) is 10.5 Å². The van der Waals surface area contributed by atoms with Crippen molar-refractivity contribution in [3.05, 3.63) is 0 Å². The van der Waals surface area contributed by atoms with Gasteiger partial charge in [0.1, 0.15) is 0 Å². The van der Waals surface area contributed by atoms with Gasteiger partial charge in [-0.1, -0.05) is 6.92 Å². The molecule has 1 aliphatic rings. The number of hydrogen-bond acceptors (Lipinski definition) is 7. The molecule has 110 valence electrons. The molecule has 8 heteroatoms. The smallest absolute Gasteiger partial charge is 0.323 e. The van der Waals surface area contributed by atoms with Crippen LogP contribution in [-0.2, 0) is 4.79 Å². The summed E-state index contributed by atoms with van der Waals surface area (Å²) in [4.78, 5) is 27.7. The maximum atomic E-state index is 11.9. The standard InChI is InChI=1S/C12H20N6O2/c1-3-7-20-12-15-10(13)14-11(16-12)18-6-4-5-17(2)9(19)8-18/h3-8H2,1-2H3,(H2,13,14,15,16). The van der Waals surface area contributed by atoms with Crippen molar-refractivity contribution >= 4 is 17.8 Å². The van der Waals surface area contributed by atoms with Crippen LogP contribution in [0.25, 0.3) is 0 Å². The Morgan fingerprint density at radius 2 is 2.10 bits per heavy atom. The molecule has 0 spiro atoms. The Morgan fingerprint density at radius 1 is 1.30 bits per heavy atom. The van der Waals surface area contributed by atoms with Crippen molar-refractivity contribution in [2.45, 2.75) is 19.8 Å². The molecule has 2 rings (SSSR count). The van der Waals surface area contributed by atoms with Gasteiger partial charge in [0, 0.05) is 20.1 Å². The van der Waals surface area contributed by atoms with Crippen molar-refractivity contribution in [3.63, 3.8) is 0 Å². The number of nitrogen functional groups attached to an aromatic ring is 1. The fourth-order valence-electron chi connectivity index (χ4n) is 1.92. The summed E-state index contributed by atoms with van der Waals surface area (Å²) in [7, 11) is 1.80. The Morgan fingerprint density at radius 3 is 2.85 bits per heavy atom. The molecule has 1 aromatic heterocycles. The van der Waals surface area contributed by atoms with E-state index in [1.54, 1.807) is 11.9 Å². The first-order valence-corrected chi connectivity index (χ1v) is 6.73. The SMILES string of the molecule is CCCOc1nc(N)nc(N2CCCN(C)C(=O)C2)n1. The molecule has 1 aliphatic heterocycles. The van der Waals surface area contributed by atoms with Crippen molar-refractivity contribution < 1.29 is 9.53 Å². The average molecular weight is 280 g/mol. The molecule has 0 aromatic carbocycles. The monoisotopic (exact) mass is 280 g/mol. The summed E-state index contributed by atoms with van der Waals surface area (Å²) >= 11 is 0. The summed E-state index contributed by atoms with van der Waals surface area (Å²) in [5.41, 5.74) is 5.67. The molecule has 20 heavy (non-hydrogen) atoms. The minimum atomic E-state index is 0.0394. The molecule has 0 unspecified atom stereocenters. The molecule has 1 saturated heterocycles. The molecule has 0 bridgehead atoms. The Labute approximate surface area is 118 Å². The van der Waals surface area contributed by atoms with Crippen molar-refractivity contribution in [2.24, 2.45) is 0 Å². The van der Waals surface area contributed by atoms with Gasteiger partial charge in [-0.05, 0) is 12.8 Å². The van der Waals surface area contributed by atoms with Crippen LogP contribution < -0.4 is 15.4 Å². The Balaban J connectivity index is 2.18. The van der Waals surface area contributed by atoms with Gasteiger partial charge >= 0.3 is 6.01 Å². The number of hydrogen-bond donors (Lipinski definition) is 1. The normalized spacial score (nSPS) is 16.2. The lowest BCUT2D eigenvalue weighted by Crippen LogP contribution is -2.35. The Hall–Kier alpha value is -2.12. The molecule has 0 atom stereocenters.